The number of carbonyl (C=O) groups excluding carboxylic acids is 2. The highest BCUT2D eigenvalue weighted by Gasteiger charge is 2.23. The minimum absolute atomic E-state index is 0.00386. The van der Waals surface area contributed by atoms with E-state index in [0.717, 1.165) is 12.8 Å². The third kappa shape index (κ3) is 5.63. The number of hydrogen-bond acceptors (Lipinski definition) is 4. The Balaban J connectivity index is 1.37. The summed E-state index contributed by atoms with van der Waals surface area (Å²) in [6, 6.07) is 13.1. The maximum Gasteiger partial charge on any atom is 0.260 e. The predicted molar refractivity (Wildman–Crippen MR) is 107 cm³/mol. The van der Waals surface area contributed by atoms with E-state index in [1.807, 2.05) is 0 Å². The molecule has 1 saturated heterocycles. The molecule has 0 aromatic heterocycles. The van der Waals surface area contributed by atoms with Gasteiger partial charge < -0.3 is 20.1 Å². The third-order valence-electron chi connectivity index (χ3n) is 4.82. The van der Waals surface area contributed by atoms with Crippen LogP contribution in [-0.2, 0) is 4.79 Å². The van der Waals surface area contributed by atoms with Crippen LogP contribution in [0.15, 0.2) is 48.5 Å². The average molecular weight is 403 g/mol. The van der Waals surface area contributed by atoms with Crippen molar-refractivity contribution in [3.8, 4) is 11.5 Å². The van der Waals surface area contributed by atoms with Gasteiger partial charge in [0.25, 0.3) is 11.8 Å². The lowest BCUT2D eigenvalue weighted by Gasteiger charge is -2.32. The van der Waals surface area contributed by atoms with Crippen molar-refractivity contribution in [2.45, 2.75) is 12.8 Å². The van der Waals surface area contributed by atoms with Crippen LogP contribution >= 0.6 is 11.6 Å². The molecule has 0 saturated carbocycles. The second kappa shape index (κ2) is 9.46. The van der Waals surface area contributed by atoms with E-state index in [1.165, 1.54) is 12.1 Å². The number of likely N-dealkylation sites (tertiary alicyclic amines) is 1. The molecule has 0 atom stereocenters. The molecule has 1 fully saturated rings. The number of benzene rings is 2. The largest absolute Gasteiger partial charge is 0.508 e. The fraction of sp³-hybridized carbons (Fsp3) is 0.333. The van der Waals surface area contributed by atoms with E-state index in [2.05, 4.69) is 5.32 Å². The fourth-order valence-electron chi connectivity index (χ4n) is 3.11. The second-order valence-corrected chi connectivity index (χ2v) is 7.26. The number of phenolic OH excluding ortho intramolecular Hbond substituents is 1. The van der Waals surface area contributed by atoms with E-state index in [9.17, 15) is 14.7 Å². The summed E-state index contributed by atoms with van der Waals surface area (Å²) in [7, 11) is 0. The van der Waals surface area contributed by atoms with Gasteiger partial charge in [-0.15, -0.1) is 0 Å². The molecule has 1 aliphatic heterocycles. The lowest BCUT2D eigenvalue weighted by atomic mass is 9.96. The first-order valence-corrected chi connectivity index (χ1v) is 9.62. The van der Waals surface area contributed by atoms with Crippen LogP contribution in [0.4, 0.5) is 0 Å². The van der Waals surface area contributed by atoms with Crippen molar-refractivity contribution in [1.82, 2.24) is 10.2 Å². The Labute approximate surface area is 169 Å². The first kappa shape index (κ1) is 20.0. The molecular weight excluding hydrogens is 380 g/mol. The SMILES string of the molecule is O=C(NCC1CCN(C(=O)COc2ccc(Cl)cc2)CC1)c1ccc(O)cc1. The Bertz CT molecular complexity index is 800. The highest BCUT2D eigenvalue weighted by atomic mass is 35.5. The summed E-state index contributed by atoms with van der Waals surface area (Å²) in [6.07, 6.45) is 1.67. The molecule has 0 aliphatic carbocycles. The maximum absolute atomic E-state index is 12.3. The number of nitrogens with zero attached hydrogens (tertiary/aromatic N) is 1. The molecule has 6 nitrogen and oxygen atoms in total. The number of rotatable bonds is 6. The predicted octanol–water partition coefficient (Wildman–Crippen LogP) is 3.09. The zero-order chi connectivity index (χ0) is 19.9. The van der Waals surface area contributed by atoms with Crippen LogP contribution in [-0.4, -0.2) is 48.1 Å². The van der Waals surface area contributed by atoms with E-state index >= 15 is 0 Å². The summed E-state index contributed by atoms with van der Waals surface area (Å²) >= 11 is 5.83. The first-order chi connectivity index (χ1) is 13.5. The first-order valence-electron chi connectivity index (χ1n) is 9.24. The third-order valence-corrected chi connectivity index (χ3v) is 5.08. The molecular formula is C21H23ClN2O4. The Hall–Kier alpha value is -2.73. The monoisotopic (exact) mass is 402 g/mol. The molecule has 0 spiro atoms. The highest BCUT2D eigenvalue weighted by Crippen LogP contribution is 2.18. The van der Waals surface area contributed by atoms with Gasteiger partial charge in [0.15, 0.2) is 6.61 Å². The average Bonchev–Trinajstić information content (AvgIpc) is 2.72. The van der Waals surface area contributed by atoms with Gasteiger partial charge in [-0.3, -0.25) is 9.59 Å². The summed E-state index contributed by atoms with van der Waals surface area (Å²) in [6.45, 7) is 1.89. The normalized spacial score (nSPS) is 14.5. The van der Waals surface area contributed by atoms with E-state index in [-0.39, 0.29) is 24.2 Å². The summed E-state index contributed by atoms with van der Waals surface area (Å²) in [5.74, 6) is 0.886. The minimum Gasteiger partial charge on any atom is -0.508 e. The van der Waals surface area contributed by atoms with Crippen molar-refractivity contribution >= 4 is 23.4 Å². The zero-order valence-corrected chi connectivity index (χ0v) is 16.2. The highest BCUT2D eigenvalue weighted by molar-refractivity contribution is 6.30. The van der Waals surface area contributed by atoms with Crippen molar-refractivity contribution in [3.63, 3.8) is 0 Å². The van der Waals surface area contributed by atoms with E-state index in [4.69, 9.17) is 16.3 Å². The fourth-order valence-corrected chi connectivity index (χ4v) is 3.23. The smallest absolute Gasteiger partial charge is 0.260 e. The van der Waals surface area contributed by atoms with Crippen molar-refractivity contribution in [2.75, 3.05) is 26.2 Å². The number of phenols is 1. The van der Waals surface area contributed by atoms with Gasteiger partial charge in [0.2, 0.25) is 0 Å². The molecule has 0 radical (unpaired) electrons. The quantitative estimate of drug-likeness (QED) is 0.778. The molecule has 2 aromatic carbocycles. The van der Waals surface area contributed by atoms with Crippen molar-refractivity contribution in [2.24, 2.45) is 5.92 Å². The van der Waals surface area contributed by atoms with Gasteiger partial charge in [-0.05, 0) is 67.3 Å². The van der Waals surface area contributed by atoms with Crippen LogP contribution in [0.5, 0.6) is 11.5 Å². The Kier molecular flexibility index (Phi) is 6.76. The summed E-state index contributed by atoms with van der Waals surface area (Å²) in [5.41, 5.74) is 0.518. The molecule has 148 valence electrons. The molecule has 0 unspecified atom stereocenters. The Morgan fingerprint density at radius 2 is 1.71 bits per heavy atom. The van der Waals surface area contributed by atoms with Gasteiger partial charge >= 0.3 is 0 Å². The van der Waals surface area contributed by atoms with Crippen LogP contribution in [0.1, 0.15) is 23.2 Å². The number of carbonyl (C=O) groups is 2. The molecule has 2 N–H and O–H groups in total. The lowest BCUT2D eigenvalue weighted by Crippen LogP contribution is -2.43. The van der Waals surface area contributed by atoms with Gasteiger partial charge in [0.1, 0.15) is 11.5 Å². The van der Waals surface area contributed by atoms with Gasteiger partial charge in [-0.2, -0.15) is 0 Å². The van der Waals surface area contributed by atoms with Gasteiger partial charge in [0, 0.05) is 30.2 Å². The number of hydrogen-bond donors (Lipinski definition) is 2. The summed E-state index contributed by atoms with van der Waals surface area (Å²) < 4.78 is 5.51. The molecule has 2 amide bonds. The van der Waals surface area contributed by atoms with Gasteiger partial charge in [-0.25, -0.2) is 0 Å². The van der Waals surface area contributed by atoms with Crippen molar-refractivity contribution < 1.29 is 19.4 Å². The van der Waals surface area contributed by atoms with Crippen molar-refractivity contribution in [3.05, 3.63) is 59.1 Å². The lowest BCUT2D eigenvalue weighted by molar-refractivity contribution is -0.134. The molecule has 0 bridgehead atoms. The maximum atomic E-state index is 12.3. The van der Waals surface area contributed by atoms with Gasteiger partial charge in [-0.1, -0.05) is 11.6 Å². The molecule has 28 heavy (non-hydrogen) atoms. The number of piperidine rings is 1. The van der Waals surface area contributed by atoms with E-state index in [0.29, 0.717) is 41.9 Å². The Morgan fingerprint density at radius 3 is 2.36 bits per heavy atom. The van der Waals surface area contributed by atoms with Gasteiger partial charge in [0.05, 0.1) is 0 Å². The van der Waals surface area contributed by atoms with Crippen LogP contribution < -0.4 is 10.1 Å². The molecule has 2 aromatic rings. The second-order valence-electron chi connectivity index (χ2n) is 6.82. The molecule has 3 rings (SSSR count). The minimum atomic E-state index is -0.158. The Morgan fingerprint density at radius 1 is 1.07 bits per heavy atom. The van der Waals surface area contributed by atoms with Crippen LogP contribution in [0.25, 0.3) is 0 Å². The van der Waals surface area contributed by atoms with Crippen molar-refractivity contribution in [1.29, 1.82) is 0 Å². The topological polar surface area (TPSA) is 78.9 Å². The number of halogens is 1. The van der Waals surface area contributed by atoms with E-state index < -0.39 is 0 Å². The molecule has 1 aliphatic rings. The number of ether oxygens (including phenoxy) is 1. The van der Waals surface area contributed by atoms with Crippen LogP contribution in [0.2, 0.25) is 5.02 Å². The zero-order valence-electron chi connectivity index (χ0n) is 15.4. The number of aromatic hydroxyl groups is 1. The van der Waals surface area contributed by atoms with Crippen LogP contribution in [0, 0.1) is 5.92 Å². The summed E-state index contributed by atoms with van der Waals surface area (Å²) in [5, 5.41) is 12.8. The number of amides is 2. The summed E-state index contributed by atoms with van der Waals surface area (Å²) in [4.78, 5) is 26.2. The number of nitrogens with one attached hydrogen (secondary N) is 1. The standard InChI is InChI=1S/C21H23ClN2O4/c22-17-3-7-19(8-4-17)28-14-20(26)24-11-9-15(10-12-24)13-23-21(27)16-1-5-18(25)6-2-16/h1-8,15,25H,9-14H2,(H,23,27). The molecule has 1 heterocycles. The van der Waals surface area contributed by atoms with Crippen LogP contribution in [0.3, 0.4) is 0 Å². The van der Waals surface area contributed by atoms with E-state index in [1.54, 1.807) is 41.3 Å². The molecule has 7 heteroatoms.